The highest BCUT2D eigenvalue weighted by Gasteiger charge is 2.47. The summed E-state index contributed by atoms with van der Waals surface area (Å²) in [5.41, 5.74) is 1.62. The largest absolute Gasteiger partial charge is 0.478 e. The third kappa shape index (κ3) is 2.16. The SMILES string of the molecule is O=C(O)c1cccc(C2(C3CCCCC3)COC2)c1. The molecule has 1 aliphatic carbocycles. The lowest BCUT2D eigenvalue weighted by molar-refractivity contribution is -0.0977. The van der Waals surface area contributed by atoms with Crippen molar-refractivity contribution in [2.75, 3.05) is 13.2 Å². The van der Waals surface area contributed by atoms with Crippen LogP contribution in [0.3, 0.4) is 0 Å². The summed E-state index contributed by atoms with van der Waals surface area (Å²) in [6.07, 6.45) is 6.43. The lowest BCUT2D eigenvalue weighted by Gasteiger charge is -2.49. The Bertz CT molecular complexity index is 471. The molecule has 0 atom stereocenters. The minimum atomic E-state index is -0.846. The van der Waals surface area contributed by atoms with Gasteiger partial charge in [-0.2, -0.15) is 0 Å². The highest BCUT2D eigenvalue weighted by molar-refractivity contribution is 5.87. The first-order valence-electron chi connectivity index (χ1n) is 7.14. The zero-order valence-corrected chi connectivity index (χ0v) is 11.1. The van der Waals surface area contributed by atoms with Gasteiger partial charge in [-0.05, 0) is 36.5 Å². The van der Waals surface area contributed by atoms with E-state index in [1.54, 1.807) is 6.07 Å². The van der Waals surface area contributed by atoms with Crippen LogP contribution in [0.5, 0.6) is 0 Å². The standard InChI is InChI=1S/C16H20O3/c17-15(18)12-5-4-8-14(9-12)16(10-19-11-16)13-6-2-1-3-7-13/h4-5,8-9,13H,1-3,6-7,10-11H2,(H,17,18). The van der Waals surface area contributed by atoms with Crippen LogP contribution in [0.4, 0.5) is 0 Å². The quantitative estimate of drug-likeness (QED) is 0.907. The lowest BCUT2D eigenvalue weighted by atomic mass is 9.63. The van der Waals surface area contributed by atoms with E-state index < -0.39 is 5.97 Å². The van der Waals surface area contributed by atoms with E-state index >= 15 is 0 Å². The van der Waals surface area contributed by atoms with Crippen LogP contribution < -0.4 is 0 Å². The van der Waals surface area contributed by atoms with Crippen LogP contribution in [0.15, 0.2) is 24.3 Å². The normalized spacial score (nSPS) is 22.7. The van der Waals surface area contributed by atoms with Crippen molar-refractivity contribution in [1.82, 2.24) is 0 Å². The van der Waals surface area contributed by atoms with Gasteiger partial charge in [-0.15, -0.1) is 0 Å². The maximum atomic E-state index is 11.1. The maximum Gasteiger partial charge on any atom is 0.335 e. The predicted molar refractivity (Wildman–Crippen MR) is 72.5 cm³/mol. The molecule has 0 bridgehead atoms. The Hall–Kier alpha value is -1.35. The Labute approximate surface area is 113 Å². The van der Waals surface area contributed by atoms with Crippen LogP contribution in [-0.4, -0.2) is 24.3 Å². The van der Waals surface area contributed by atoms with E-state index in [2.05, 4.69) is 6.07 Å². The van der Waals surface area contributed by atoms with E-state index in [0.29, 0.717) is 11.5 Å². The molecule has 1 aromatic carbocycles. The fraction of sp³-hybridized carbons (Fsp3) is 0.562. The molecule has 1 heterocycles. The van der Waals surface area contributed by atoms with Gasteiger partial charge >= 0.3 is 5.97 Å². The summed E-state index contributed by atoms with van der Waals surface area (Å²) >= 11 is 0. The van der Waals surface area contributed by atoms with E-state index in [9.17, 15) is 4.79 Å². The molecule has 3 heteroatoms. The van der Waals surface area contributed by atoms with E-state index in [1.165, 1.54) is 32.1 Å². The van der Waals surface area contributed by atoms with Crippen molar-refractivity contribution in [3.8, 4) is 0 Å². The fourth-order valence-corrected chi connectivity index (χ4v) is 3.58. The smallest absolute Gasteiger partial charge is 0.335 e. The fourth-order valence-electron chi connectivity index (χ4n) is 3.58. The van der Waals surface area contributed by atoms with Crippen LogP contribution in [0, 0.1) is 5.92 Å². The summed E-state index contributed by atoms with van der Waals surface area (Å²) < 4.78 is 5.50. The van der Waals surface area contributed by atoms with Crippen molar-refractivity contribution >= 4 is 5.97 Å². The topological polar surface area (TPSA) is 46.5 Å². The van der Waals surface area contributed by atoms with Gasteiger partial charge in [0.2, 0.25) is 0 Å². The van der Waals surface area contributed by atoms with E-state index in [4.69, 9.17) is 9.84 Å². The molecule has 0 radical (unpaired) electrons. The van der Waals surface area contributed by atoms with Crippen LogP contribution in [0.25, 0.3) is 0 Å². The highest BCUT2D eigenvalue weighted by Crippen LogP contribution is 2.46. The summed E-state index contributed by atoms with van der Waals surface area (Å²) in [6, 6.07) is 7.45. The first-order valence-corrected chi connectivity index (χ1v) is 7.14. The second-order valence-corrected chi connectivity index (χ2v) is 5.87. The van der Waals surface area contributed by atoms with Gasteiger partial charge in [-0.1, -0.05) is 31.4 Å². The Morgan fingerprint density at radius 3 is 2.53 bits per heavy atom. The number of hydrogen-bond acceptors (Lipinski definition) is 2. The molecule has 2 aliphatic rings. The molecule has 1 aromatic rings. The third-order valence-electron chi connectivity index (χ3n) is 4.79. The maximum absolute atomic E-state index is 11.1. The Morgan fingerprint density at radius 2 is 1.95 bits per heavy atom. The molecule has 3 rings (SSSR count). The van der Waals surface area contributed by atoms with Crippen molar-refractivity contribution < 1.29 is 14.6 Å². The average Bonchev–Trinajstić information content (AvgIpc) is 2.39. The molecule has 0 unspecified atom stereocenters. The first-order chi connectivity index (χ1) is 9.22. The summed E-state index contributed by atoms with van der Waals surface area (Å²) in [7, 11) is 0. The molecular formula is C16H20O3. The second kappa shape index (κ2) is 4.97. The molecule has 0 aromatic heterocycles. The number of carboxylic acids is 1. The molecule has 0 amide bonds. The van der Waals surface area contributed by atoms with Crippen molar-refractivity contribution in [3.05, 3.63) is 35.4 Å². The monoisotopic (exact) mass is 260 g/mol. The van der Waals surface area contributed by atoms with Gasteiger partial charge < -0.3 is 9.84 Å². The van der Waals surface area contributed by atoms with Crippen LogP contribution in [0.2, 0.25) is 0 Å². The van der Waals surface area contributed by atoms with Gasteiger partial charge in [0.05, 0.1) is 18.8 Å². The van der Waals surface area contributed by atoms with Crippen molar-refractivity contribution in [1.29, 1.82) is 0 Å². The van der Waals surface area contributed by atoms with Gasteiger partial charge in [0.15, 0.2) is 0 Å². The summed E-state index contributed by atoms with van der Waals surface area (Å²) in [4.78, 5) is 11.1. The highest BCUT2D eigenvalue weighted by atomic mass is 16.5. The van der Waals surface area contributed by atoms with Gasteiger partial charge in [0.25, 0.3) is 0 Å². The molecule has 1 saturated heterocycles. The zero-order chi connectivity index (χ0) is 13.3. The minimum absolute atomic E-state index is 0.0753. The van der Waals surface area contributed by atoms with Gasteiger partial charge in [-0.25, -0.2) is 4.79 Å². The van der Waals surface area contributed by atoms with E-state index in [1.807, 2.05) is 12.1 Å². The Balaban J connectivity index is 1.92. The number of benzene rings is 1. The third-order valence-corrected chi connectivity index (χ3v) is 4.79. The van der Waals surface area contributed by atoms with Gasteiger partial charge in [0.1, 0.15) is 0 Å². The van der Waals surface area contributed by atoms with Gasteiger partial charge in [0, 0.05) is 5.41 Å². The summed E-state index contributed by atoms with van der Waals surface area (Å²) in [5, 5.41) is 9.14. The van der Waals surface area contributed by atoms with Crippen LogP contribution in [0.1, 0.15) is 48.0 Å². The predicted octanol–water partition coefficient (Wildman–Crippen LogP) is 3.23. The molecule has 0 spiro atoms. The number of aromatic carboxylic acids is 1. The van der Waals surface area contributed by atoms with Gasteiger partial charge in [-0.3, -0.25) is 0 Å². The first kappa shape index (κ1) is 12.7. The van der Waals surface area contributed by atoms with Crippen LogP contribution in [-0.2, 0) is 10.2 Å². The molecular weight excluding hydrogens is 240 g/mol. The molecule has 2 fully saturated rings. The molecule has 1 saturated carbocycles. The van der Waals surface area contributed by atoms with Crippen molar-refractivity contribution in [2.45, 2.75) is 37.5 Å². The molecule has 19 heavy (non-hydrogen) atoms. The lowest BCUT2D eigenvalue weighted by Crippen LogP contribution is -2.53. The number of hydrogen-bond donors (Lipinski definition) is 1. The van der Waals surface area contributed by atoms with Crippen molar-refractivity contribution in [2.24, 2.45) is 5.92 Å². The second-order valence-electron chi connectivity index (χ2n) is 5.87. The zero-order valence-electron chi connectivity index (χ0n) is 11.1. The van der Waals surface area contributed by atoms with Crippen molar-refractivity contribution in [3.63, 3.8) is 0 Å². The Morgan fingerprint density at radius 1 is 1.21 bits per heavy atom. The van der Waals surface area contributed by atoms with E-state index in [0.717, 1.165) is 18.8 Å². The average molecular weight is 260 g/mol. The molecule has 1 N–H and O–H groups in total. The number of carboxylic acid groups (broad SMARTS) is 1. The molecule has 3 nitrogen and oxygen atoms in total. The Kier molecular flexibility index (Phi) is 3.31. The molecule has 102 valence electrons. The summed E-state index contributed by atoms with van der Waals surface area (Å²) in [6.45, 7) is 1.50. The number of ether oxygens (including phenoxy) is 1. The van der Waals surface area contributed by atoms with E-state index in [-0.39, 0.29) is 5.41 Å². The van der Waals surface area contributed by atoms with Crippen LogP contribution >= 0.6 is 0 Å². The minimum Gasteiger partial charge on any atom is -0.478 e. The summed E-state index contributed by atoms with van der Waals surface area (Å²) in [5.74, 6) is -0.195. The number of carbonyl (C=O) groups is 1. The number of rotatable bonds is 3. The molecule has 1 aliphatic heterocycles.